The summed E-state index contributed by atoms with van der Waals surface area (Å²) in [6.45, 7) is -0.100. The molecule has 2 N–H and O–H groups in total. The minimum Gasteiger partial charge on any atom is -0.343 e. The fraction of sp³-hybridized carbons (Fsp3) is 0.0741. The average molecular weight is 454 g/mol. The van der Waals surface area contributed by atoms with Gasteiger partial charge in [0.05, 0.1) is 6.54 Å². The first kappa shape index (κ1) is 22.3. The van der Waals surface area contributed by atoms with Crippen LogP contribution in [0.2, 0.25) is 0 Å². The van der Waals surface area contributed by atoms with E-state index in [1.807, 2.05) is 85.1 Å². The summed E-state index contributed by atoms with van der Waals surface area (Å²) in [6.07, 6.45) is 3.61. The number of carbonyl (C=O) groups excluding carboxylic acids is 2. The standard InChI is InChI=1S/C27H23N3O2S/c31-26(30-24-12-14-25(15-13-24)33-19-20-5-4-16-28-17-20)18-29-27(32)23-10-8-22(9-11-23)21-6-2-1-3-7-21/h1-17H,18-19H2,(H,29,32)(H,30,31). The molecule has 0 bridgehead atoms. The van der Waals surface area contributed by atoms with Crippen molar-refractivity contribution in [2.24, 2.45) is 0 Å². The van der Waals surface area contributed by atoms with Gasteiger partial charge < -0.3 is 10.6 Å². The van der Waals surface area contributed by atoms with E-state index in [0.717, 1.165) is 27.3 Å². The van der Waals surface area contributed by atoms with Gasteiger partial charge in [-0.1, -0.05) is 48.5 Å². The van der Waals surface area contributed by atoms with Crippen molar-refractivity contribution in [1.29, 1.82) is 0 Å². The third-order valence-corrected chi connectivity index (χ3v) is 6.01. The first-order valence-electron chi connectivity index (χ1n) is 10.5. The molecular formula is C27H23N3O2S. The zero-order valence-corrected chi connectivity index (χ0v) is 18.7. The van der Waals surface area contributed by atoms with Crippen molar-refractivity contribution in [2.45, 2.75) is 10.6 Å². The van der Waals surface area contributed by atoms with Crippen LogP contribution in [0.3, 0.4) is 0 Å². The van der Waals surface area contributed by atoms with Crippen LogP contribution in [0.25, 0.3) is 11.1 Å². The van der Waals surface area contributed by atoms with Crippen LogP contribution in [0.4, 0.5) is 5.69 Å². The lowest BCUT2D eigenvalue weighted by atomic mass is 10.0. The highest BCUT2D eigenvalue weighted by Gasteiger charge is 2.09. The summed E-state index contributed by atoms with van der Waals surface area (Å²) in [5.41, 5.74) is 4.48. The van der Waals surface area contributed by atoms with Gasteiger partial charge in [0.1, 0.15) is 0 Å². The van der Waals surface area contributed by atoms with E-state index in [-0.39, 0.29) is 18.4 Å². The molecule has 0 aliphatic carbocycles. The summed E-state index contributed by atoms with van der Waals surface area (Å²) in [6, 6.07) is 28.9. The molecule has 0 aliphatic heterocycles. The SMILES string of the molecule is O=C(CNC(=O)c1ccc(-c2ccccc2)cc1)Nc1ccc(SCc2cccnc2)cc1. The molecule has 0 saturated heterocycles. The lowest BCUT2D eigenvalue weighted by Crippen LogP contribution is -2.32. The zero-order chi connectivity index (χ0) is 22.9. The molecule has 0 unspecified atom stereocenters. The Kier molecular flexibility index (Phi) is 7.51. The van der Waals surface area contributed by atoms with Gasteiger partial charge in [0.2, 0.25) is 5.91 Å². The molecule has 0 saturated carbocycles. The maximum absolute atomic E-state index is 12.4. The Hall–Kier alpha value is -3.90. The molecule has 5 nitrogen and oxygen atoms in total. The molecule has 164 valence electrons. The van der Waals surface area contributed by atoms with Crippen molar-refractivity contribution in [3.05, 3.63) is 115 Å². The van der Waals surface area contributed by atoms with Gasteiger partial charge in [-0.3, -0.25) is 14.6 Å². The number of carbonyl (C=O) groups is 2. The second-order valence-electron chi connectivity index (χ2n) is 7.35. The Morgan fingerprint density at radius 2 is 1.52 bits per heavy atom. The zero-order valence-electron chi connectivity index (χ0n) is 17.9. The molecule has 0 spiro atoms. The highest BCUT2D eigenvalue weighted by atomic mass is 32.2. The summed E-state index contributed by atoms with van der Waals surface area (Å²) in [5, 5.41) is 5.47. The van der Waals surface area contributed by atoms with E-state index in [2.05, 4.69) is 15.6 Å². The lowest BCUT2D eigenvalue weighted by Gasteiger charge is -2.09. The molecule has 33 heavy (non-hydrogen) atoms. The van der Waals surface area contributed by atoms with Crippen LogP contribution in [0.1, 0.15) is 15.9 Å². The largest absolute Gasteiger partial charge is 0.343 e. The third kappa shape index (κ3) is 6.54. The van der Waals surface area contributed by atoms with Gasteiger partial charge in [0.25, 0.3) is 5.91 Å². The fourth-order valence-corrected chi connectivity index (χ4v) is 4.03. The van der Waals surface area contributed by atoms with Gasteiger partial charge in [-0.25, -0.2) is 0 Å². The number of benzene rings is 3. The average Bonchev–Trinajstić information content (AvgIpc) is 2.88. The molecule has 0 aliphatic rings. The fourth-order valence-electron chi connectivity index (χ4n) is 3.20. The van der Waals surface area contributed by atoms with Crippen molar-refractivity contribution >= 4 is 29.3 Å². The number of rotatable bonds is 8. The number of amides is 2. The number of nitrogens with zero attached hydrogens (tertiary/aromatic N) is 1. The molecule has 1 aromatic heterocycles. The molecular weight excluding hydrogens is 430 g/mol. The lowest BCUT2D eigenvalue weighted by molar-refractivity contribution is -0.115. The van der Waals surface area contributed by atoms with Crippen LogP contribution in [-0.2, 0) is 10.5 Å². The van der Waals surface area contributed by atoms with Crippen molar-refractivity contribution in [1.82, 2.24) is 10.3 Å². The Morgan fingerprint density at radius 3 is 2.21 bits per heavy atom. The van der Waals surface area contributed by atoms with E-state index in [4.69, 9.17) is 0 Å². The van der Waals surface area contributed by atoms with Crippen LogP contribution < -0.4 is 10.6 Å². The topological polar surface area (TPSA) is 71.1 Å². The number of thioether (sulfide) groups is 1. The van der Waals surface area contributed by atoms with Crippen LogP contribution in [0.15, 0.2) is 108 Å². The molecule has 0 radical (unpaired) electrons. The summed E-state index contributed by atoms with van der Waals surface area (Å²) in [5.74, 6) is 0.268. The van der Waals surface area contributed by atoms with Crippen molar-refractivity contribution in [3.63, 3.8) is 0 Å². The van der Waals surface area contributed by atoms with Crippen LogP contribution in [0.5, 0.6) is 0 Å². The van der Waals surface area contributed by atoms with E-state index in [1.165, 1.54) is 0 Å². The van der Waals surface area contributed by atoms with Crippen LogP contribution in [0, 0.1) is 0 Å². The summed E-state index contributed by atoms with van der Waals surface area (Å²) < 4.78 is 0. The molecule has 0 fully saturated rings. The number of anilines is 1. The summed E-state index contributed by atoms with van der Waals surface area (Å²) in [7, 11) is 0. The second kappa shape index (κ2) is 11.1. The smallest absolute Gasteiger partial charge is 0.251 e. The van der Waals surface area contributed by atoms with Crippen molar-refractivity contribution in [2.75, 3.05) is 11.9 Å². The Labute approximate surface area is 197 Å². The van der Waals surface area contributed by atoms with Crippen molar-refractivity contribution in [3.8, 4) is 11.1 Å². The van der Waals surface area contributed by atoms with E-state index in [9.17, 15) is 9.59 Å². The summed E-state index contributed by atoms with van der Waals surface area (Å²) in [4.78, 5) is 29.8. The minimum absolute atomic E-state index is 0.100. The quantitative estimate of drug-likeness (QED) is 0.350. The number of hydrogen-bond donors (Lipinski definition) is 2. The van der Waals surface area contributed by atoms with Gasteiger partial charge in [-0.05, 0) is 59.2 Å². The van der Waals surface area contributed by atoms with Gasteiger partial charge in [0.15, 0.2) is 0 Å². The Bertz CT molecular complexity index is 1200. The molecule has 3 aromatic carbocycles. The molecule has 6 heteroatoms. The highest BCUT2D eigenvalue weighted by Crippen LogP contribution is 2.24. The van der Waals surface area contributed by atoms with Gasteiger partial charge in [-0.2, -0.15) is 0 Å². The van der Waals surface area contributed by atoms with Crippen molar-refractivity contribution < 1.29 is 9.59 Å². The molecule has 1 heterocycles. The monoisotopic (exact) mass is 453 g/mol. The molecule has 2 amide bonds. The maximum Gasteiger partial charge on any atom is 0.251 e. The highest BCUT2D eigenvalue weighted by molar-refractivity contribution is 7.98. The number of hydrogen-bond acceptors (Lipinski definition) is 4. The number of nitrogens with one attached hydrogen (secondary N) is 2. The van der Waals surface area contributed by atoms with Gasteiger partial charge in [-0.15, -0.1) is 11.8 Å². The first-order chi connectivity index (χ1) is 16.2. The second-order valence-corrected chi connectivity index (χ2v) is 8.40. The molecule has 4 aromatic rings. The predicted octanol–water partition coefficient (Wildman–Crippen LogP) is 5.41. The van der Waals surface area contributed by atoms with Gasteiger partial charge in [0, 0.05) is 34.3 Å². The normalized spacial score (nSPS) is 10.4. The van der Waals surface area contributed by atoms with Crippen LogP contribution in [-0.4, -0.2) is 23.3 Å². The van der Waals surface area contributed by atoms with E-state index < -0.39 is 0 Å². The van der Waals surface area contributed by atoms with Gasteiger partial charge >= 0.3 is 0 Å². The third-order valence-electron chi connectivity index (χ3n) is 4.93. The summed E-state index contributed by atoms with van der Waals surface area (Å²) >= 11 is 1.70. The molecule has 0 atom stereocenters. The van der Waals surface area contributed by atoms with E-state index in [0.29, 0.717) is 11.3 Å². The molecule has 4 rings (SSSR count). The van der Waals surface area contributed by atoms with Crippen LogP contribution >= 0.6 is 11.8 Å². The number of pyridine rings is 1. The Morgan fingerprint density at radius 1 is 0.788 bits per heavy atom. The minimum atomic E-state index is -0.285. The van der Waals surface area contributed by atoms with E-state index >= 15 is 0 Å². The first-order valence-corrected chi connectivity index (χ1v) is 11.5. The maximum atomic E-state index is 12.4. The van der Waals surface area contributed by atoms with E-state index in [1.54, 1.807) is 30.1 Å². The number of aromatic nitrogens is 1. The Balaban J connectivity index is 1.23. The predicted molar refractivity (Wildman–Crippen MR) is 133 cm³/mol.